The van der Waals surface area contributed by atoms with E-state index >= 15 is 0 Å². The maximum absolute atomic E-state index is 13.9. The highest BCUT2D eigenvalue weighted by atomic mass is 35.5. The average molecular weight is 401 g/mol. The second kappa shape index (κ2) is 7.59. The number of rotatable bonds is 3. The summed E-state index contributed by atoms with van der Waals surface area (Å²) in [5.74, 6) is -0.429. The number of anilines is 1. The summed E-state index contributed by atoms with van der Waals surface area (Å²) in [4.78, 5) is 33.1. The monoisotopic (exact) mass is 400 g/mol. The van der Waals surface area contributed by atoms with E-state index < -0.39 is 0 Å². The van der Waals surface area contributed by atoms with Gasteiger partial charge >= 0.3 is 0 Å². The van der Waals surface area contributed by atoms with Gasteiger partial charge in [-0.25, -0.2) is 9.37 Å². The molecular weight excluding hydrogens is 383 g/mol. The van der Waals surface area contributed by atoms with Gasteiger partial charge < -0.3 is 9.80 Å². The van der Waals surface area contributed by atoms with Crippen molar-refractivity contribution < 1.29 is 9.18 Å². The number of para-hydroxylation sites is 1. The van der Waals surface area contributed by atoms with Crippen LogP contribution in [0.3, 0.4) is 0 Å². The molecule has 0 radical (unpaired) electrons. The van der Waals surface area contributed by atoms with Crippen molar-refractivity contribution in [3.05, 3.63) is 70.0 Å². The molecule has 0 aliphatic carbocycles. The molecule has 144 valence electrons. The van der Waals surface area contributed by atoms with E-state index in [2.05, 4.69) is 4.98 Å². The molecule has 1 aromatic heterocycles. The average Bonchev–Trinajstić information content (AvgIpc) is 2.70. The summed E-state index contributed by atoms with van der Waals surface area (Å²) in [6, 6.07) is 11.5. The molecule has 1 aliphatic rings. The zero-order valence-electron chi connectivity index (χ0n) is 15.0. The number of amides is 1. The van der Waals surface area contributed by atoms with Crippen molar-refractivity contribution in [1.29, 1.82) is 0 Å². The lowest BCUT2D eigenvalue weighted by atomic mass is 10.2. The molecule has 4 rings (SSSR count). The van der Waals surface area contributed by atoms with E-state index in [1.54, 1.807) is 41.3 Å². The number of nitrogens with zero attached hydrogens (tertiary/aromatic N) is 4. The molecule has 0 atom stereocenters. The van der Waals surface area contributed by atoms with Crippen LogP contribution in [0.5, 0.6) is 0 Å². The van der Waals surface area contributed by atoms with Gasteiger partial charge in [0.05, 0.1) is 22.9 Å². The van der Waals surface area contributed by atoms with Gasteiger partial charge in [-0.05, 0) is 30.3 Å². The van der Waals surface area contributed by atoms with Crippen molar-refractivity contribution >= 4 is 34.1 Å². The van der Waals surface area contributed by atoms with Crippen LogP contribution < -0.4 is 10.5 Å². The minimum Gasteiger partial charge on any atom is -0.366 e. The van der Waals surface area contributed by atoms with Gasteiger partial charge in [-0.15, -0.1) is 0 Å². The number of piperazine rings is 1. The van der Waals surface area contributed by atoms with Gasteiger partial charge in [0.15, 0.2) is 0 Å². The molecule has 1 amide bonds. The van der Waals surface area contributed by atoms with Gasteiger partial charge in [-0.1, -0.05) is 23.7 Å². The minimum atomic E-state index is -0.278. The Morgan fingerprint density at radius 2 is 1.86 bits per heavy atom. The van der Waals surface area contributed by atoms with E-state index in [9.17, 15) is 14.0 Å². The van der Waals surface area contributed by atoms with Crippen LogP contribution in [0.15, 0.2) is 53.6 Å². The fourth-order valence-electron chi connectivity index (χ4n) is 3.39. The quantitative estimate of drug-likeness (QED) is 0.678. The van der Waals surface area contributed by atoms with Crippen LogP contribution in [-0.2, 0) is 11.3 Å². The Labute approximate surface area is 165 Å². The Morgan fingerprint density at radius 3 is 2.61 bits per heavy atom. The van der Waals surface area contributed by atoms with Crippen molar-refractivity contribution in [2.45, 2.75) is 6.54 Å². The third-order valence-electron chi connectivity index (χ3n) is 4.92. The highest BCUT2D eigenvalue weighted by Crippen LogP contribution is 2.20. The highest BCUT2D eigenvalue weighted by molar-refractivity contribution is 6.31. The van der Waals surface area contributed by atoms with Crippen LogP contribution in [0.1, 0.15) is 0 Å². The minimum absolute atomic E-state index is 0.0793. The number of carbonyl (C=O) groups is 1. The third-order valence-corrected chi connectivity index (χ3v) is 5.15. The second-order valence-electron chi connectivity index (χ2n) is 6.66. The van der Waals surface area contributed by atoms with Crippen LogP contribution in [0, 0.1) is 5.82 Å². The predicted octanol–water partition coefficient (Wildman–Crippen LogP) is 2.54. The van der Waals surface area contributed by atoms with E-state index in [4.69, 9.17) is 11.6 Å². The second-order valence-corrected chi connectivity index (χ2v) is 7.09. The maximum atomic E-state index is 13.9. The standard InChI is InChI=1S/C20H18ClFN4O2/c21-14-5-6-15-17(11-14)23-13-26(20(15)28)12-19(27)25-9-7-24(8-10-25)18-4-2-1-3-16(18)22/h1-6,11,13H,7-10,12H2. The largest absolute Gasteiger partial charge is 0.366 e. The Balaban J connectivity index is 1.45. The molecule has 1 fully saturated rings. The van der Waals surface area contributed by atoms with E-state index in [0.717, 1.165) is 0 Å². The third kappa shape index (κ3) is 3.57. The summed E-state index contributed by atoms with van der Waals surface area (Å²) in [5.41, 5.74) is 0.767. The lowest BCUT2D eigenvalue weighted by Gasteiger charge is -2.36. The first kappa shape index (κ1) is 18.4. The van der Waals surface area contributed by atoms with Gasteiger partial charge in [0, 0.05) is 31.2 Å². The van der Waals surface area contributed by atoms with Crippen LogP contribution in [-0.4, -0.2) is 46.5 Å². The number of aromatic nitrogens is 2. The zero-order valence-corrected chi connectivity index (χ0v) is 15.8. The van der Waals surface area contributed by atoms with E-state index in [1.807, 2.05) is 4.90 Å². The van der Waals surface area contributed by atoms with Gasteiger partial charge in [-0.2, -0.15) is 0 Å². The topological polar surface area (TPSA) is 58.4 Å². The number of benzene rings is 2. The first-order chi connectivity index (χ1) is 13.5. The number of carbonyl (C=O) groups excluding carboxylic acids is 1. The van der Waals surface area contributed by atoms with Crippen molar-refractivity contribution in [2.24, 2.45) is 0 Å². The first-order valence-electron chi connectivity index (χ1n) is 8.95. The summed E-state index contributed by atoms with van der Waals surface area (Å²) < 4.78 is 15.2. The summed E-state index contributed by atoms with van der Waals surface area (Å²) in [6.45, 7) is 1.94. The van der Waals surface area contributed by atoms with Crippen LogP contribution in [0.25, 0.3) is 10.9 Å². The van der Waals surface area contributed by atoms with E-state index in [1.165, 1.54) is 17.0 Å². The number of hydrogen-bond acceptors (Lipinski definition) is 4. The molecule has 8 heteroatoms. The lowest BCUT2D eigenvalue weighted by molar-refractivity contribution is -0.132. The maximum Gasteiger partial charge on any atom is 0.261 e. The van der Waals surface area contributed by atoms with Gasteiger partial charge in [0.25, 0.3) is 5.56 Å². The fraction of sp³-hybridized carbons (Fsp3) is 0.250. The first-order valence-corrected chi connectivity index (χ1v) is 9.33. The molecule has 2 aromatic carbocycles. The summed E-state index contributed by atoms with van der Waals surface area (Å²) >= 11 is 5.93. The SMILES string of the molecule is O=C(Cn1cnc2cc(Cl)ccc2c1=O)N1CCN(c2ccccc2F)CC1. The van der Waals surface area contributed by atoms with Crippen molar-refractivity contribution in [2.75, 3.05) is 31.1 Å². The number of fused-ring (bicyclic) bond motifs is 1. The van der Waals surface area contributed by atoms with E-state index in [0.29, 0.717) is 47.8 Å². The van der Waals surface area contributed by atoms with Gasteiger partial charge in [-0.3, -0.25) is 14.2 Å². The summed E-state index contributed by atoms with van der Waals surface area (Å²) in [7, 11) is 0. The summed E-state index contributed by atoms with van der Waals surface area (Å²) in [6.07, 6.45) is 1.37. The number of hydrogen-bond donors (Lipinski definition) is 0. The van der Waals surface area contributed by atoms with Crippen molar-refractivity contribution in [1.82, 2.24) is 14.5 Å². The molecule has 6 nitrogen and oxygen atoms in total. The molecule has 0 spiro atoms. The van der Waals surface area contributed by atoms with Crippen LogP contribution in [0.2, 0.25) is 5.02 Å². The lowest BCUT2D eigenvalue weighted by Crippen LogP contribution is -2.50. The Morgan fingerprint density at radius 1 is 1.11 bits per heavy atom. The highest BCUT2D eigenvalue weighted by Gasteiger charge is 2.23. The molecule has 0 unspecified atom stereocenters. The van der Waals surface area contributed by atoms with E-state index in [-0.39, 0.29) is 23.8 Å². The van der Waals surface area contributed by atoms with Gasteiger partial charge in [0.2, 0.25) is 5.91 Å². The summed E-state index contributed by atoms with van der Waals surface area (Å²) in [5, 5.41) is 0.921. The van der Waals surface area contributed by atoms with Crippen LogP contribution in [0.4, 0.5) is 10.1 Å². The molecule has 1 saturated heterocycles. The van der Waals surface area contributed by atoms with Crippen molar-refractivity contribution in [3.8, 4) is 0 Å². The predicted molar refractivity (Wildman–Crippen MR) is 106 cm³/mol. The molecule has 2 heterocycles. The molecule has 3 aromatic rings. The molecule has 0 saturated carbocycles. The number of halogens is 2. The zero-order chi connectivity index (χ0) is 19.7. The molecule has 1 aliphatic heterocycles. The normalized spacial score (nSPS) is 14.5. The Kier molecular flexibility index (Phi) is 5.00. The molecule has 28 heavy (non-hydrogen) atoms. The van der Waals surface area contributed by atoms with Crippen LogP contribution >= 0.6 is 11.6 Å². The Hall–Kier alpha value is -2.93. The molecular formula is C20H18ClFN4O2. The Bertz CT molecular complexity index is 1090. The fourth-order valence-corrected chi connectivity index (χ4v) is 3.56. The van der Waals surface area contributed by atoms with Crippen molar-refractivity contribution in [3.63, 3.8) is 0 Å². The smallest absolute Gasteiger partial charge is 0.261 e. The van der Waals surface area contributed by atoms with Gasteiger partial charge in [0.1, 0.15) is 12.4 Å². The molecule has 0 N–H and O–H groups in total. The molecule has 0 bridgehead atoms.